The third kappa shape index (κ3) is 4.48. The standard InChI is InChI=1S/C20H15ClF3NO3/c1-2-27-14-6-4-13(5-7-14)25-19(26)18-10-9-17(28-18)15-11-12(20(22,23)24)3-8-16(15)21/h3-11H,2H2,1H3,(H,25,26). The van der Waals surface area contributed by atoms with Crippen LogP contribution in [-0.4, -0.2) is 12.5 Å². The van der Waals surface area contributed by atoms with Crippen molar-refractivity contribution in [2.75, 3.05) is 11.9 Å². The number of nitrogens with one attached hydrogen (secondary N) is 1. The molecule has 3 rings (SSSR count). The molecule has 28 heavy (non-hydrogen) atoms. The third-order valence-electron chi connectivity index (χ3n) is 3.81. The Kier molecular flexibility index (Phi) is 5.65. The Morgan fingerprint density at radius 1 is 1.11 bits per heavy atom. The van der Waals surface area contributed by atoms with Crippen molar-refractivity contribution in [3.05, 3.63) is 70.9 Å². The van der Waals surface area contributed by atoms with Crippen LogP contribution >= 0.6 is 11.6 Å². The molecule has 0 spiro atoms. The molecule has 1 aromatic heterocycles. The van der Waals surface area contributed by atoms with E-state index in [4.69, 9.17) is 20.8 Å². The minimum atomic E-state index is -4.51. The molecule has 0 bridgehead atoms. The number of benzene rings is 2. The van der Waals surface area contributed by atoms with Gasteiger partial charge in [0.1, 0.15) is 11.5 Å². The van der Waals surface area contributed by atoms with E-state index in [-0.39, 0.29) is 22.1 Å². The molecular weight excluding hydrogens is 395 g/mol. The Hall–Kier alpha value is -2.93. The molecule has 8 heteroatoms. The van der Waals surface area contributed by atoms with Crippen molar-refractivity contribution in [3.63, 3.8) is 0 Å². The lowest BCUT2D eigenvalue weighted by Crippen LogP contribution is -2.10. The predicted octanol–water partition coefficient (Wildman–Crippen LogP) is 6.27. The molecule has 0 saturated carbocycles. The minimum absolute atomic E-state index is 0.0524. The van der Waals surface area contributed by atoms with Crippen molar-refractivity contribution in [2.45, 2.75) is 13.1 Å². The quantitative estimate of drug-likeness (QED) is 0.540. The number of hydrogen-bond donors (Lipinski definition) is 1. The highest BCUT2D eigenvalue weighted by molar-refractivity contribution is 6.33. The molecule has 0 saturated heterocycles. The molecule has 0 aliphatic heterocycles. The molecule has 0 fully saturated rings. The lowest BCUT2D eigenvalue weighted by Gasteiger charge is -2.09. The monoisotopic (exact) mass is 409 g/mol. The fraction of sp³-hybridized carbons (Fsp3) is 0.150. The summed E-state index contributed by atoms with van der Waals surface area (Å²) in [6.45, 7) is 2.39. The fourth-order valence-electron chi connectivity index (χ4n) is 2.49. The van der Waals surface area contributed by atoms with Gasteiger partial charge in [0, 0.05) is 11.3 Å². The number of halogens is 4. The number of ether oxygens (including phenoxy) is 1. The molecule has 0 radical (unpaired) electrons. The summed E-state index contributed by atoms with van der Waals surface area (Å²) in [7, 11) is 0. The Bertz CT molecular complexity index is 981. The first-order valence-electron chi connectivity index (χ1n) is 8.29. The van der Waals surface area contributed by atoms with Crippen LogP contribution in [0.1, 0.15) is 23.0 Å². The highest BCUT2D eigenvalue weighted by Crippen LogP contribution is 2.36. The van der Waals surface area contributed by atoms with Crippen molar-refractivity contribution >= 4 is 23.2 Å². The van der Waals surface area contributed by atoms with Crippen LogP contribution in [-0.2, 0) is 6.18 Å². The van der Waals surface area contributed by atoms with Gasteiger partial charge in [-0.3, -0.25) is 4.79 Å². The lowest BCUT2D eigenvalue weighted by atomic mass is 10.1. The first-order valence-corrected chi connectivity index (χ1v) is 8.67. The van der Waals surface area contributed by atoms with E-state index in [1.807, 2.05) is 6.92 Å². The zero-order valence-corrected chi connectivity index (χ0v) is 15.4. The molecule has 0 aliphatic carbocycles. The molecular formula is C20H15ClF3NO3. The van der Waals surface area contributed by atoms with Gasteiger partial charge in [-0.2, -0.15) is 13.2 Å². The first-order chi connectivity index (χ1) is 13.3. The van der Waals surface area contributed by atoms with Gasteiger partial charge in [0.05, 0.1) is 17.2 Å². The smallest absolute Gasteiger partial charge is 0.416 e. The Morgan fingerprint density at radius 2 is 1.82 bits per heavy atom. The van der Waals surface area contributed by atoms with Crippen molar-refractivity contribution in [2.24, 2.45) is 0 Å². The van der Waals surface area contributed by atoms with Gasteiger partial charge in [0.15, 0.2) is 5.76 Å². The average molecular weight is 410 g/mol. The van der Waals surface area contributed by atoms with E-state index >= 15 is 0 Å². The van der Waals surface area contributed by atoms with Crippen LogP contribution in [0.4, 0.5) is 18.9 Å². The van der Waals surface area contributed by atoms with Crippen LogP contribution in [0.2, 0.25) is 5.02 Å². The van der Waals surface area contributed by atoms with Gasteiger partial charge in [0.2, 0.25) is 0 Å². The number of rotatable bonds is 5. The number of alkyl halides is 3. The van der Waals surface area contributed by atoms with Crippen LogP contribution in [0.25, 0.3) is 11.3 Å². The fourth-order valence-corrected chi connectivity index (χ4v) is 2.70. The van der Waals surface area contributed by atoms with E-state index < -0.39 is 17.6 Å². The van der Waals surface area contributed by atoms with Crippen LogP contribution in [0.5, 0.6) is 5.75 Å². The number of amides is 1. The Balaban J connectivity index is 1.79. The van der Waals surface area contributed by atoms with Gasteiger partial charge >= 0.3 is 6.18 Å². The Labute approximate surface area is 163 Å². The van der Waals surface area contributed by atoms with Crippen molar-refractivity contribution in [3.8, 4) is 17.1 Å². The second kappa shape index (κ2) is 7.98. The second-order valence-corrected chi connectivity index (χ2v) is 6.17. The summed E-state index contributed by atoms with van der Waals surface area (Å²) in [4.78, 5) is 12.3. The summed E-state index contributed by atoms with van der Waals surface area (Å²) in [6, 6.07) is 12.4. The van der Waals surface area contributed by atoms with E-state index in [9.17, 15) is 18.0 Å². The van der Waals surface area contributed by atoms with E-state index in [0.29, 0.717) is 18.0 Å². The number of hydrogen-bond acceptors (Lipinski definition) is 3. The number of carbonyl (C=O) groups is 1. The topological polar surface area (TPSA) is 51.5 Å². The van der Waals surface area contributed by atoms with Crippen LogP contribution in [0, 0.1) is 0 Å². The van der Waals surface area contributed by atoms with Gasteiger partial charge in [-0.15, -0.1) is 0 Å². The molecule has 4 nitrogen and oxygen atoms in total. The van der Waals surface area contributed by atoms with Crippen molar-refractivity contribution in [1.29, 1.82) is 0 Å². The SMILES string of the molecule is CCOc1ccc(NC(=O)c2ccc(-c3cc(C(F)(F)F)ccc3Cl)o2)cc1. The zero-order valence-electron chi connectivity index (χ0n) is 14.6. The molecule has 0 aliphatic rings. The van der Waals surface area contributed by atoms with E-state index in [1.165, 1.54) is 12.1 Å². The zero-order chi connectivity index (χ0) is 20.3. The van der Waals surface area contributed by atoms with Crippen LogP contribution in [0.3, 0.4) is 0 Å². The normalized spacial score (nSPS) is 11.3. The van der Waals surface area contributed by atoms with Crippen LogP contribution in [0.15, 0.2) is 59.0 Å². The maximum Gasteiger partial charge on any atom is 0.416 e. The molecule has 1 amide bonds. The summed E-state index contributed by atoms with van der Waals surface area (Å²) in [5, 5.41) is 2.73. The molecule has 0 unspecified atom stereocenters. The third-order valence-corrected chi connectivity index (χ3v) is 4.14. The molecule has 2 aromatic carbocycles. The number of anilines is 1. The lowest BCUT2D eigenvalue weighted by molar-refractivity contribution is -0.137. The molecule has 146 valence electrons. The van der Waals surface area contributed by atoms with Crippen molar-refractivity contribution in [1.82, 2.24) is 0 Å². The average Bonchev–Trinajstić information content (AvgIpc) is 3.13. The van der Waals surface area contributed by atoms with E-state index in [1.54, 1.807) is 24.3 Å². The van der Waals surface area contributed by atoms with Gasteiger partial charge in [-0.1, -0.05) is 11.6 Å². The van der Waals surface area contributed by atoms with E-state index in [0.717, 1.165) is 18.2 Å². The van der Waals surface area contributed by atoms with Crippen LogP contribution < -0.4 is 10.1 Å². The summed E-state index contributed by atoms with van der Waals surface area (Å²) in [6.07, 6.45) is -4.51. The highest BCUT2D eigenvalue weighted by atomic mass is 35.5. The first kappa shape index (κ1) is 19.8. The van der Waals surface area contributed by atoms with Gasteiger partial charge in [-0.25, -0.2) is 0 Å². The molecule has 3 aromatic rings. The maximum absolute atomic E-state index is 12.9. The second-order valence-electron chi connectivity index (χ2n) is 5.77. The van der Waals surface area contributed by atoms with Gasteiger partial charge < -0.3 is 14.5 Å². The molecule has 1 heterocycles. The predicted molar refractivity (Wildman–Crippen MR) is 99.7 cm³/mol. The largest absolute Gasteiger partial charge is 0.494 e. The maximum atomic E-state index is 12.9. The van der Waals surface area contributed by atoms with E-state index in [2.05, 4.69) is 5.32 Å². The number of furan rings is 1. The summed E-state index contributed by atoms with van der Waals surface area (Å²) in [5.41, 5.74) is -0.288. The van der Waals surface area contributed by atoms with Gasteiger partial charge in [-0.05, 0) is 61.5 Å². The minimum Gasteiger partial charge on any atom is -0.494 e. The summed E-state index contributed by atoms with van der Waals surface area (Å²) < 4.78 is 49.5. The van der Waals surface area contributed by atoms with Crippen molar-refractivity contribution < 1.29 is 27.1 Å². The number of carbonyl (C=O) groups excluding carboxylic acids is 1. The summed E-state index contributed by atoms with van der Waals surface area (Å²) in [5.74, 6) is 0.129. The molecule has 1 N–H and O–H groups in total. The summed E-state index contributed by atoms with van der Waals surface area (Å²) >= 11 is 6.00. The Morgan fingerprint density at radius 3 is 2.46 bits per heavy atom. The molecule has 0 atom stereocenters. The highest BCUT2D eigenvalue weighted by Gasteiger charge is 2.31. The van der Waals surface area contributed by atoms with Gasteiger partial charge in [0.25, 0.3) is 5.91 Å².